The number of ether oxygens (including phenoxy) is 1. The predicted octanol–water partition coefficient (Wildman–Crippen LogP) is 5.45. The highest BCUT2D eigenvalue weighted by atomic mass is 19.1. The molecule has 8 nitrogen and oxygen atoms in total. The molecule has 0 bridgehead atoms. The number of piperidine rings is 1. The molecule has 198 valence electrons. The number of likely N-dealkylation sites (tertiary alicyclic amines) is 1. The maximum atomic E-state index is 15.1. The van der Waals surface area contributed by atoms with Crippen molar-refractivity contribution in [2.75, 3.05) is 25.0 Å². The molecule has 0 saturated carbocycles. The van der Waals surface area contributed by atoms with Gasteiger partial charge in [-0.25, -0.2) is 28.7 Å². The first-order chi connectivity index (χ1) is 18.3. The van der Waals surface area contributed by atoms with Crippen molar-refractivity contribution in [3.8, 4) is 17.0 Å². The van der Waals surface area contributed by atoms with Gasteiger partial charge in [-0.15, -0.1) is 0 Å². The first-order valence-corrected chi connectivity index (χ1v) is 13.2. The molecule has 1 fully saturated rings. The van der Waals surface area contributed by atoms with E-state index >= 15 is 4.39 Å². The van der Waals surface area contributed by atoms with E-state index in [1.807, 2.05) is 10.6 Å². The Morgan fingerprint density at radius 2 is 1.87 bits per heavy atom. The van der Waals surface area contributed by atoms with E-state index < -0.39 is 11.6 Å². The zero-order valence-electron chi connectivity index (χ0n) is 21.8. The largest absolute Gasteiger partial charge is 0.489 e. The molecule has 3 aromatic heterocycles. The van der Waals surface area contributed by atoms with Crippen LogP contribution in [-0.2, 0) is 12.0 Å². The van der Waals surface area contributed by atoms with Crippen LogP contribution in [-0.4, -0.2) is 55.1 Å². The molecule has 5 heterocycles. The van der Waals surface area contributed by atoms with Crippen LogP contribution >= 0.6 is 0 Å². The number of nitrogens with one attached hydrogen (secondary N) is 1. The highest BCUT2D eigenvalue weighted by Gasteiger charge is 2.33. The molecule has 10 heteroatoms. The van der Waals surface area contributed by atoms with Crippen LogP contribution in [0.1, 0.15) is 45.9 Å². The van der Waals surface area contributed by atoms with Gasteiger partial charge >= 0.3 is 0 Å². The zero-order valence-corrected chi connectivity index (χ0v) is 21.8. The summed E-state index contributed by atoms with van der Waals surface area (Å²) in [6, 6.07) is 6.65. The van der Waals surface area contributed by atoms with Crippen LogP contribution in [0.3, 0.4) is 0 Å². The summed E-state index contributed by atoms with van der Waals surface area (Å²) in [5.41, 5.74) is 1.08. The van der Waals surface area contributed by atoms with Crippen LogP contribution in [0.5, 0.6) is 5.75 Å². The lowest BCUT2D eigenvalue weighted by Gasteiger charge is -2.31. The fourth-order valence-corrected chi connectivity index (χ4v) is 5.50. The number of aromatic nitrogens is 5. The Labute approximate surface area is 220 Å². The van der Waals surface area contributed by atoms with E-state index in [9.17, 15) is 4.39 Å². The van der Waals surface area contributed by atoms with E-state index in [2.05, 4.69) is 50.9 Å². The van der Waals surface area contributed by atoms with E-state index in [0.717, 1.165) is 57.3 Å². The SMILES string of the molecule is CCN1CCC(Oc2ccc(Nc3ncc(F)c(-c4cc(F)c5nc6n(c5c4)C(C)(C)CC6)n3)nc2)CC1. The molecule has 0 aliphatic carbocycles. The van der Waals surface area contributed by atoms with E-state index in [0.29, 0.717) is 28.2 Å². The van der Waals surface area contributed by atoms with Crippen molar-refractivity contribution in [2.45, 2.75) is 58.1 Å². The third-order valence-electron chi connectivity index (χ3n) is 7.63. The van der Waals surface area contributed by atoms with Gasteiger partial charge < -0.3 is 19.5 Å². The van der Waals surface area contributed by atoms with Crippen molar-refractivity contribution in [1.29, 1.82) is 0 Å². The smallest absolute Gasteiger partial charge is 0.229 e. The average Bonchev–Trinajstić information content (AvgIpc) is 3.44. The molecule has 38 heavy (non-hydrogen) atoms. The van der Waals surface area contributed by atoms with Gasteiger partial charge in [-0.2, -0.15) is 0 Å². The van der Waals surface area contributed by atoms with E-state index in [-0.39, 0.29) is 23.3 Å². The summed E-state index contributed by atoms with van der Waals surface area (Å²) in [6.07, 6.45) is 6.60. The number of fused-ring (bicyclic) bond motifs is 3. The summed E-state index contributed by atoms with van der Waals surface area (Å²) in [6.45, 7) is 9.51. The van der Waals surface area contributed by atoms with Crippen LogP contribution in [0, 0.1) is 11.6 Å². The minimum Gasteiger partial charge on any atom is -0.489 e. The number of halogens is 2. The maximum absolute atomic E-state index is 15.1. The molecule has 2 aliphatic heterocycles. The molecule has 1 N–H and O–H groups in total. The van der Waals surface area contributed by atoms with Gasteiger partial charge in [0.25, 0.3) is 0 Å². The van der Waals surface area contributed by atoms with Crippen LogP contribution in [0.15, 0.2) is 36.7 Å². The van der Waals surface area contributed by atoms with Crippen LogP contribution in [0.25, 0.3) is 22.3 Å². The van der Waals surface area contributed by atoms with Crippen molar-refractivity contribution in [3.63, 3.8) is 0 Å². The number of anilines is 2. The zero-order chi connectivity index (χ0) is 26.4. The highest BCUT2D eigenvalue weighted by molar-refractivity contribution is 5.83. The molecule has 1 saturated heterocycles. The lowest BCUT2D eigenvalue weighted by molar-refractivity contribution is 0.103. The second-order valence-corrected chi connectivity index (χ2v) is 10.6. The summed E-state index contributed by atoms with van der Waals surface area (Å²) in [7, 11) is 0. The quantitative estimate of drug-likeness (QED) is 0.363. The molecule has 0 radical (unpaired) electrons. The van der Waals surface area contributed by atoms with Gasteiger partial charge in [0, 0.05) is 30.6 Å². The fraction of sp³-hybridized carbons (Fsp3) is 0.429. The lowest BCUT2D eigenvalue weighted by Crippen LogP contribution is -2.37. The summed E-state index contributed by atoms with van der Waals surface area (Å²) in [5.74, 6) is 1.06. The first kappa shape index (κ1) is 24.7. The second kappa shape index (κ2) is 9.58. The standard InChI is InChI=1S/C28H31F2N7O/c1-4-36-11-8-18(9-12-36)38-19-5-6-23(31-15-19)33-27-32-16-21(30)25(35-27)17-13-20(29)26-22(14-17)37-24(34-26)7-10-28(37,2)3/h5-6,13-16,18H,4,7-12H2,1-3H3,(H,31,32,33,35). The molecular weight excluding hydrogens is 488 g/mol. The van der Waals surface area contributed by atoms with Gasteiger partial charge in [0.15, 0.2) is 11.6 Å². The number of pyridine rings is 1. The molecule has 0 atom stereocenters. The second-order valence-electron chi connectivity index (χ2n) is 10.6. The van der Waals surface area contributed by atoms with Gasteiger partial charge in [-0.1, -0.05) is 6.92 Å². The highest BCUT2D eigenvalue weighted by Crippen LogP contribution is 2.38. The van der Waals surface area contributed by atoms with Crippen molar-refractivity contribution in [1.82, 2.24) is 29.4 Å². The number of benzene rings is 1. The van der Waals surface area contributed by atoms with E-state index in [1.54, 1.807) is 18.3 Å². The molecule has 4 aromatic rings. The molecule has 0 spiro atoms. The van der Waals surface area contributed by atoms with Crippen molar-refractivity contribution in [3.05, 3.63) is 54.1 Å². The van der Waals surface area contributed by atoms with Gasteiger partial charge in [0.05, 0.1) is 17.9 Å². The topological polar surface area (TPSA) is 81.0 Å². The minimum atomic E-state index is -0.638. The Morgan fingerprint density at radius 1 is 1.05 bits per heavy atom. The predicted molar refractivity (Wildman–Crippen MR) is 142 cm³/mol. The van der Waals surface area contributed by atoms with E-state index in [1.165, 1.54) is 6.07 Å². The van der Waals surface area contributed by atoms with Crippen molar-refractivity contribution >= 4 is 22.8 Å². The third-order valence-corrected chi connectivity index (χ3v) is 7.63. The van der Waals surface area contributed by atoms with Crippen LogP contribution < -0.4 is 10.1 Å². The minimum absolute atomic E-state index is 0.00743. The first-order valence-electron chi connectivity index (χ1n) is 13.2. The summed E-state index contributed by atoms with van der Waals surface area (Å²) < 4.78 is 38.1. The Kier molecular flexibility index (Phi) is 6.22. The lowest BCUT2D eigenvalue weighted by atomic mass is 10.0. The number of aryl methyl sites for hydroxylation is 1. The van der Waals surface area contributed by atoms with Gasteiger partial charge in [0.1, 0.15) is 34.7 Å². The Bertz CT molecular complexity index is 1480. The number of hydrogen-bond acceptors (Lipinski definition) is 7. The Balaban J connectivity index is 1.22. The fourth-order valence-electron chi connectivity index (χ4n) is 5.50. The number of hydrogen-bond donors (Lipinski definition) is 1. The molecule has 0 unspecified atom stereocenters. The maximum Gasteiger partial charge on any atom is 0.229 e. The Morgan fingerprint density at radius 3 is 2.61 bits per heavy atom. The van der Waals surface area contributed by atoms with Crippen LogP contribution in [0.2, 0.25) is 0 Å². The average molecular weight is 520 g/mol. The third kappa shape index (κ3) is 4.57. The van der Waals surface area contributed by atoms with E-state index in [4.69, 9.17) is 4.74 Å². The summed E-state index contributed by atoms with van der Waals surface area (Å²) >= 11 is 0. The number of rotatable bonds is 6. The van der Waals surface area contributed by atoms with Crippen molar-refractivity contribution in [2.24, 2.45) is 0 Å². The number of imidazole rings is 1. The summed E-state index contributed by atoms with van der Waals surface area (Å²) in [5, 5.41) is 3.01. The monoisotopic (exact) mass is 519 g/mol. The van der Waals surface area contributed by atoms with Crippen molar-refractivity contribution < 1.29 is 13.5 Å². The molecule has 0 amide bonds. The van der Waals surface area contributed by atoms with Gasteiger partial charge in [0.2, 0.25) is 5.95 Å². The normalized spacial score (nSPS) is 17.6. The number of nitrogens with zero attached hydrogens (tertiary/aromatic N) is 6. The van der Waals surface area contributed by atoms with Gasteiger partial charge in [-0.05, 0) is 63.9 Å². The van der Waals surface area contributed by atoms with Crippen LogP contribution in [0.4, 0.5) is 20.5 Å². The van der Waals surface area contributed by atoms with Gasteiger partial charge in [-0.3, -0.25) is 0 Å². The molecule has 2 aliphatic rings. The molecule has 1 aromatic carbocycles. The molecule has 6 rings (SSSR count). The summed E-state index contributed by atoms with van der Waals surface area (Å²) in [4.78, 5) is 19.7. The Hall–Kier alpha value is -3.66. The molecular formula is C28H31F2N7O.